The first kappa shape index (κ1) is 18.2. The maximum absolute atomic E-state index is 12.4. The normalized spacial score (nSPS) is 11.9. The number of hydrogen-bond acceptors (Lipinski definition) is 4. The largest absolute Gasteiger partial charge is 0.350 e. The van der Waals surface area contributed by atoms with Crippen LogP contribution in [-0.2, 0) is 12.2 Å². The minimum atomic E-state index is -0.0278. The molecule has 0 fully saturated rings. The van der Waals surface area contributed by atoms with Crippen LogP contribution in [0.3, 0.4) is 0 Å². The summed E-state index contributed by atoms with van der Waals surface area (Å²) in [5.41, 5.74) is 3.12. The lowest BCUT2D eigenvalue weighted by atomic mass is 10.1. The highest BCUT2D eigenvalue weighted by atomic mass is 32.2. The van der Waals surface area contributed by atoms with Gasteiger partial charge in [0.05, 0.1) is 0 Å². The van der Waals surface area contributed by atoms with E-state index in [2.05, 4.69) is 32.6 Å². The van der Waals surface area contributed by atoms with Gasteiger partial charge in [0.25, 0.3) is 5.91 Å². The summed E-state index contributed by atoms with van der Waals surface area (Å²) < 4.78 is 0. The van der Waals surface area contributed by atoms with E-state index in [-0.39, 0.29) is 11.9 Å². The van der Waals surface area contributed by atoms with Crippen LogP contribution in [0, 0.1) is 0 Å². The van der Waals surface area contributed by atoms with Gasteiger partial charge in [-0.2, -0.15) is 5.10 Å². The van der Waals surface area contributed by atoms with Crippen LogP contribution in [0.2, 0.25) is 0 Å². The Kier molecular flexibility index (Phi) is 6.44. The number of nitrogens with zero attached hydrogens (tertiary/aromatic N) is 2. The van der Waals surface area contributed by atoms with Crippen molar-refractivity contribution in [1.29, 1.82) is 0 Å². The Hall–Kier alpha value is -2.60. The van der Waals surface area contributed by atoms with E-state index in [0.29, 0.717) is 5.56 Å². The molecule has 0 aliphatic heterocycles. The monoisotopic (exact) mass is 366 g/mol. The molecule has 3 rings (SSSR count). The molecule has 0 aliphatic rings. The Labute approximate surface area is 157 Å². The van der Waals surface area contributed by atoms with Crippen molar-refractivity contribution in [2.45, 2.75) is 36.7 Å². The highest BCUT2D eigenvalue weighted by Gasteiger charge is 2.10. The Morgan fingerprint density at radius 3 is 2.58 bits per heavy atom. The molecule has 1 unspecified atom stereocenters. The van der Waals surface area contributed by atoms with Crippen LogP contribution in [-0.4, -0.2) is 27.1 Å². The molecule has 2 N–H and O–H groups in total. The predicted octanol–water partition coefficient (Wildman–Crippen LogP) is 3.85. The van der Waals surface area contributed by atoms with Gasteiger partial charge in [-0.3, -0.25) is 9.89 Å². The SMILES string of the molecule is CC(CCc1ccccc1)NC(=O)c1ccc(CSc2ncn[nH]2)cc1. The number of benzene rings is 2. The van der Waals surface area contributed by atoms with Crippen LogP contribution in [0.4, 0.5) is 0 Å². The van der Waals surface area contributed by atoms with Gasteiger partial charge in [-0.15, -0.1) is 0 Å². The molecule has 5 nitrogen and oxygen atoms in total. The smallest absolute Gasteiger partial charge is 0.251 e. The highest BCUT2D eigenvalue weighted by Crippen LogP contribution is 2.18. The topological polar surface area (TPSA) is 70.7 Å². The molecule has 1 amide bonds. The maximum atomic E-state index is 12.4. The summed E-state index contributed by atoms with van der Waals surface area (Å²) in [6.07, 6.45) is 3.37. The predicted molar refractivity (Wildman–Crippen MR) is 104 cm³/mol. The third kappa shape index (κ3) is 5.46. The third-order valence-corrected chi connectivity index (χ3v) is 5.02. The van der Waals surface area contributed by atoms with Gasteiger partial charge in [-0.25, -0.2) is 4.98 Å². The van der Waals surface area contributed by atoms with Gasteiger partial charge < -0.3 is 5.32 Å². The van der Waals surface area contributed by atoms with Crippen molar-refractivity contribution in [2.75, 3.05) is 0 Å². The molecule has 0 spiro atoms. The second kappa shape index (κ2) is 9.20. The molecule has 0 aliphatic carbocycles. The summed E-state index contributed by atoms with van der Waals surface area (Å²) in [5.74, 6) is 0.755. The number of aromatic nitrogens is 3. The first-order valence-corrected chi connectivity index (χ1v) is 9.61. The number of carbonyl (C=O) groups is 1. The van der Waals surface area contributed by atoms with E-state index in [4.69, 9.17) is 0 Å². The standard InChI is InChI=1S/C20H22N4OS/c1-15(7-8-16-5-3-2-4-6-16)23-19(25)18-11-9-17(10-12-18)13-26-20-21-14-22-24-20/h2-6,9-12,14-15H,7-8,13H2,1H3,(H,23,25)(H,21,22,24). The molecule has 1 heterocycles. The molecular weight excluding hydrogens is 344 g/mol. The quantitative estimate of drug-likeness (QED) is 0.594. The van der Waals surface area contributed by atoms with E-state index >= 15 is 0 Å². The summed E-state index contributed by atoms with van der Waals surface area (Å²) in [6, 6.07) is 18.2. The lowest BCUT2D eigenvalue weighted by Gasteiger charge is -2.14. The zero-order valence-electron chi connectivity index (χ0n) is 14.7. The molecular formula is C20H22N4OS. The molecule has 1 aromatic heterocycles. The van der Waals surface area contributed by atoms with Gasteiger partial charge in [0.2, 0.25) is 0 Å². The van der Waals surface area contributed by atoms with Gasteiger partial charge in [0.1, 0.15) is 6.33 Å². The molecule has 1 atom stereocenters. The van der Waals surface area contributed by atoms with Crippen LogP contribution in [0.15, 0.2) is 66.1 Å². The number of carbonyl (C=O) groups excluding carboxylic acids is 1. The zero-order chi connectivity index (χ0) is 18.2. The molecule has 0 saturated heterocycles. The number of aromatic amines is 1. The minimum absolute atomic E-state index is 0.0278. The molecule has 26 heavy (non-hydrogen) atoms. The van der Waals surface area contributed by atoms with Gasteiger partial charge in [-0.1, -0.05) is 54.2 Å². The summed E-state index contributed by atoms with van der Waals surface area (Å²) in [6.45, 7) is 2.04. The Morgan fingerprint density at radius 1 is 1.12 bits per heavy atom. The van der Waals surface area contributed by atoms with Crippen LogP contribution in [0.5, 0.6) is 0 Å². The average Bonchev–Trinajstić information content (AvgIpc) is 3.19. The summed E-state index contributed by atoms with van der Waals surface area (Å²) >= 11 is 1.58. The van der Waals surface area contributed by atoms with Gasteiger partial charge in [0, 0.05) is 17.4 Å². The van der Waals surface area contributed by atoms with Crippen molar-refractivity contribution in [3.63, 3.8) is 0 Å². The van der Waals surface area contributed by atoms with Gasteiger partial charge in [-0.05, 0) is 43.0 Å². The summed E-state index contributed by atoms with van der Waals surface area (Å²) in [5, 5.41) is 10.5. The number of aryl methyl sites for hydroxylation is 1. The number of amides is 1. The summed E-state index contributed by atoms with van der Waals surface area (Å²) in [4.78, 5) is 16.5. The number of H-pyrrole nitrogens is 1. The number of rotatable bonds is 8. The highest BCUT2D eigenvalue weighted by molar-refractivity contribution is 7.98. The number of thioether (sulfide) groups is 1. The van der Waals surface area contributed by atoms with Crippen molar-refractivity contribution in [3.05, 3.63) is 77.6 Å². The molecule has 6 heteroatoms. The Balaban J connectivity index is 1.46. The van der Waals surface area contributed by atoms with Crippen LogP contribution < -0.4 is 5.32 Å². The van der Waals surface area contributed by atoms with E-state index < -0.39 is 0 Å². The molecule has 134 valence electrons. The van der Waals surface area contributed by atoms with Crippen molar-refractivity contribution < 1.29 is 4.79 Å². The van der Waals surface area contributed by atoms with E-state index in [1.807, 2.05) is 49.4 Å². The van der Waals surface area contributed by atoms with E-state index in [1.165, 1.54) is 11.9 Å². The fraction of sp³-hybridized carbons (Fsp3) is 0.250. The van der Waals surface area contributed by atoms with Crippen molar-refractivity contribution in [2.24, 2.45) is 0 Å². The van der Waals surface area contributed by atoms with Crippen molar-refractivity contribution >= 4 is 17.7 Å². The fourth-order valence-electron chi connectivity index (χ4n) is 2.57. The molecule has 2 aromatic carbocycles. The maximum Gasteiger partial charge on any atom is 0.251 e. The second-order valence-corrected chi connectivity index (χ2v) is 7.14. The molecule has 0 saturated carbocycles. The van der Waals surface area contributed by atoms with E-state index in [9.17, 15) is 4.79 Å². The van der Waals surface area contributed by atoms with E-state index in [0.717, 1.165) is 29.3 Å². The fourth-order valence-corrected chi connectivity index (χ4v) is 3.31. The lowest BCUT2D eigenvalue weighted by molar-refractivity contribution is 0.0938. The van der Waals surface area contributed by atoms with Crippen LogP contribution in [0.25, 0.3) is 0 Å². The average molecular weight is 366 g/mol. The lowest BCUT2D eigenvalue weighted by Crippen LogP contribution is -2.32. The summed E-state index contributed by atoms with van der Waals surface area (Å²) in [7, 11) is 0. The number of nitrogens with one attached hydrogen (secondary N) is 2. The van der Waals surface area contributed by atoms with Crippen molar-refractivity contribution in [1.82, 2.24) is 20.5 Å². The molecule has 0 bridgehead atoms. The first-order chi connectivity index (χ1) is 12.7. The van der Waals surface area contributed by atoms with Gasteiger partial charge >= 0.3 is 0 Å². The third-order valence-electron chi connectivity index (χ3n) is 4.07. The van der Waals surface area contributed by atoms with Gasteiger partial charge in [0.15, 0.2) is 5.16 Å². The zero-order valence-corrected chi connectivity index (χ0v) is 15.5. The first-order valence-electron chi connectivity index (χ1n) is 8.62. The van der Waals surface area contributed by atoms with E-state index in [1.54, 1.807) is 11.8 Å². The Morgan fingerprint density at radius 2 is 1.88 bits per heavy atom. The minimum Gasteiger partial charge on any atom is -0.350 e. The number of hydrogen-bond donors (Lipinski definition) is 2. The Bertz CT molecular complexity index is 804. The molecule has 3 aromatic rings. The second-order valence-electron chi connectivity index (χ2n) is 6.18. The van der Waals surface area contributed by atoms with Crippen molar-refractivity contribution in [3.8, 4) is 0 Å². The molecule has 0 radical (unpaired) electrons. The van der Waals surface area contributed by atoms with Crippen LogP contribution >= 0.6 is 11.8 Å². The van der Waals surface area contributed by atoms with Crippen LogP contribution in [0.1, 0.15) is 34.8 Å².